The normalized spacial score (nSPS) is 18.6. The first kappa shape index (κ1) is 22.4. The van der Waals surface area contributed by atoms with E-state index in [4.69, 9.17) is 0 Å². The predicted molar refractivity (Wildman–Crippen MR) is 132 cm³/mol. The Hall–Kier alpha value is -3.42. The molecule has 1 aliphatic carbocycles. The van der Waals surface area contributed by atoms with Crippen molar-refractivity contribution in [2.24, 2.45) is 0 Å². The first-order chi connectivity index (χ1) is 16.4. The molecule has 1 aromatic heterocycles. The van der Waals surface area contributed by atoms with Crippen LogP contribution in [0.5, 0.6) is 0 Å². The van der Waals surface area contributed by atoms with Crippen molar-refractivity contribution >= 4 is 26.8 Å². The molecule has 2 atom stereocenters. The molecule has 1 fully saturated rings. The molecule has 0 radical (unpaired) electrons. The maximum absolute atomic E-state index is 13.6. The number of carbonyl (C=O) groups excluding carboxylic acids is 1. The molecule has 174 valence electrons. The highest BCUT2D eigenvalue weighted by Gasteiger charge is 2.26. The molecule has 1 amide bonds. The summed E-state index contributed by atoms with van der Waals surface area (Å²) in [6, 6.07) is 22.8. The highest BCUT2D eigenvalue weighted by molar-refractivity contribution is 7.90. The third-order valence-corrected chi connectivity index (χ3v) is 8.17. The number of carbonyl (C=O) groups is 1. The van der Waals surface area contributed by atoms with Gasteiger partial charge in [0.25, 0.3) is 15.9 Å². The second kappa shape index (κ2) is 9.08. The molecule has 0 aliphatic heterocycles. The number of nitrogens with one attached hydrogen (secondary N) is 1. The highest BCUT2D eigenvalue weighted by atomic mass is 32.2. The fourth-order valence-corrected chi connectivity index (χ4v) is 5.99. The van der Waals surface area contributed by atoms with Gasteiger partial charge in [-0.15, -0.1) is 0 Å². The van der Waals surface area contributed by atoms with Crippen LogP contribution in [-0.4, -0.2) is 35.5 Å². The maximum atomic E-state index is 13.6. The minimum Gasteiger partial charge on any atom is -0.391 e. The van der Waals surface area contributed by atoms with Gasteiger partial charge in [0.15, 0.2) is 0 Å². The van der Waals surface area contributed by atoms with Gasteiger partial charge >= 0.3 is 0 Å². The summed E-state index contributed by atoms with van der Waals surface area (Å²) in [6.45, 7) is 0. The monoisotopic (exact) mass is 474 g/mol. The standard InChI is InChI=1S/C27H26N2O4S/c30-26-13-7-5-11-24(26)28-27(31)20-14-16-21(17-15-20)34(32,33)29-18-23(19-8-2-1-3-9-19)22-10-4-6-12-25(22)29/h1-4,6,8-10,12,14-18,24,26,30H,5,7,11,13H2,(H,28,31)/t24-,26+/m1/s1. The second-order valence-corrected chi connectivity index (χ2v) is 10.5. The SMILES string of the molecule is O=C(N[C@@H]1CCCC[C@@H]1O)c1ccc(S(=O)(=O)n2cc(-c3ccccc3)c3ccccc32)cc1. The van der Waals surface area contributed by atoms with Crippen LogP contribution in [0.1, 0.15) is 36.0 Å². The van der Waals surface area contributed by atoms with Gasteiger partial charge in [-0.25, -0.2) is 12.4 Å². The van der Waals surface area contributed by atoms with Crippen LogP contribution < -0.4 is 5.32 Å². The first-order valence-electron chi connectivity index (χ1n) is 11.5. The summed E-state index contributed by atoms with van der Waals surface area (Å²) in [4.78, 5) is 12.7. The van der Waals surface area contributed by atoms with Gasteiger partial charge in [-0.2, -0.15) is 0 Å². The number of nitrogens with zero attached hydrogens (tertiary/aromatic N) is 1. The van der Waals surface area contributed by atoms with Gasteiger partial charge in [-0.05, 0) is 48.7 Å². The molecule has 3 aromatic carbocycles. The van der Waals surface area contributed by atoms with Crippen molar-refractivity contribution in [1.82, 2.24) is 9.29 Å². The molecule has 4 aromatic rings. The number of aliphatic hydroxyl groups excluding tert-OH is 1. The van der Waals surface area contributed by atoms with Crippen molar-refractivity contribution in [3.8, 4) is 11.1 Å². The predicted octanol–water partition coefficient (Wildman–Crippen LogP) is 4.58. The van der Waals surface area contributed by atoms with Crippen LogP contribution in [0.25, 0.3) is 22.0 Å². The van der Waals surface area contributed by atoms with Gasteiger partial charge in [0.1, 0.15) is 0 Å². The van der Waals surface area contributed by atoms with E-state index in [2.05, 4.69) is 5.32 Å². The summed E-state index contributed by atoms with van der Waals surface area (Å²) >= 11 is 0. The number of fused-ring (bicyclic) bond motifs is 1. The van der Waals surface area contributed by atoms with Crippen molar-refractivity contribution < 1.29 is 18.3 Å². The number of para-hydroxylation sites is 1. The maximum Gasteiger partial charge on any atom is 0.268 e. The van der Waals surface area contributed by atoms with Gasteiger partial charge in [0.05, 0.1) is 22.6 Å². The van der Waals surface area contributed by atoms with E-state index in [0.29, 0.717) is 17.5 Å². The van der Waals surface area contributed by atoms with Crippen molar-refractivity contribution in [2.75, 3.05) is 0 Å². The average molecular weight is 475 g/mol. The van der Waals surface area contributed by atoms with Crippen LogP contribution in [0.15, 0.2) is 90.0 Å². The average Bonchev–Trinajstić information content (AvgIpc) is 3.27. The zero-order valence-electron chi connectivity index (χ0n) is 18.6. The Bertz CT molecular complexity index is 1430. The smallest absolute Gasteiger partial charge is 0.268 e. The topological polar surface area (TPSA) is 88.4 Å². The molecule has 0 bridgehead atoms. The van der Waals surface area contributed by atoms with Crippen LogP contribution in [0.2, 0.25) is 0 Å². The van der Waals surface area contributed by atoms with Crippen LogP contribution in [0.3, 0.4) is 0 Å². The molecular weight excluding hydrogens is 448 g/mol. The van der Waals surface area contributed by atoms with Gasteiger partial charge in [-0.3, -0.25) is 4.79 Å². The van der Waals surface area contributed by atoms with Crippen molar-refractivity contribution in [1.29, 1.82) is 0 Å². The Morgan fingerprint density at radius 3 is 2.29 bits per heavy atom. The zero-order valence-corrected chi connectivity index (χ0v) is 19.4. The largest absolute Gasteiger partial charge is 0.391 e. The Labute approximate surface area is 198 Å². The van der Waals surface area contributed by atoms with Crippen molar-refractivity contribution in [2.45, 2.75) is 42.7 Å². The van der Waals surface area contributed by atoms with Gasteiger partial charge in [-0.1, -0.05) is 61.4 Å². The van der Waals surface area contributed by atoms with Crippen molar-refractivity contribution in [3.63, 3.8) is 0 Å². The zero-order chi connectivity index (χ0) is 23.7. The summed E-state index contributed by atoms with van der Waals surface area (Å²) in [5, 5.41) is 13.8. The van der Waals surface area contributed by atoms with Crippen molar-refractivity contribution in [3.05, 3.63) is 90.6 Å². The van der Waals surface area contributed by atoms with Crippen LogP contribution in [0.4, 0.5) is 0 Å². The van der Waals surface area contributed by atoms with Gasteiger partial charge in [0, 0.05) is 22.7 Å². The summed E-state index contributed by atoms with van der Waals surface area (Å²) in [5.74, 6) is -0.312. The Kier molecular flexibility index (Phi) is 5.98. The molecular formula is C27H26N2O4S. The number of benzene rings is 3. The third kappa shape index (κ3) is 4.13. The third-order valence-electron chi connectivity index (χ3n) is 6.48. The van der Waals surface area contributed by atoms with Crippen LogP contribution in [0, 0.1) is 0 Å². The lowest BCUT2D eigenvalue weighted by Crippen LogP contribution is -2.45. The highest BCUT2D eigenvalue weighted by Crippen LogP contribution is 2.33. The van der Waals surface area contributed by atoms with E-state index in [9.17, 15) is 18.3 Å². The molecule has 34 heavy (non-hydrogen) atoms. The molecule has 2 N–H and O–H groups in total. The number of aliphatic hydroxyl groups is 1. The van der Waals surface area contributed by atoms with E-state index >= 15 is 0 Å². The number of amides is 1. The number of hydrogen-bond acceptors (Lipinski definition) is 4. The van der Waals surface area contributed by atoms with Gasteiger partial charge < -0.3 is 10.4 Å². The van der Waals surface area contributed by atoms with E-state index < -0.39 is 16.1 Å². The Morgan fingerprint density at radius 2 is 1.56 bits per heavy atom. The molecule has 0 unspecified atom stereocenters. The Balaban J connectivity index is 1.46. The minimum atomic E-state index is -3.89. The van der Waals surface area contributed by atoms with E-state index in [0.717, 1.165) is 35.8 Å². The molecule has 7 heteroatoms. The van der Waals surface area contributed by atoms with E-state index in [1.165, 1.54) is 28.2 Å². The fourth-order valence-electron chi connectivity index (χ4n) is 4.62. The van der Waals surface area contributed by atoms with Gasteiger partial charge in [0.2, 0.25) is 0 Å². The fraction of sp³-hybridized carbons (Fsp3) is 0.222. The summed E-state index contributed by atoms with van der Waals surface area (Å²) < 4.78 is 28.4. The lowest BCUT2D eigenvalue weighted by molar-refractivity contribution is 0.0717. The second-order valence-electron chi connectivity index (χ2n) is 8.68. The molecule has 1 saturated carbocycles. The number of rotatable bonds is 5. The van der Waals surface area contributed by atoms with E-state index in [-0.39, 0.29) is 16.8 Å². The summed E-state index contributed by atoms with van der Waals surface area (Å²) in [5.41, 5.74) is 2.72. The number of aromatic nitrogens is 1. The lowest BCUT2D eigenvalue weighted by atomic mass is 9.92. The Morgan fingerprint density at radius 1 is 0.882 bits per heavy atom. The van der Waals surface area contributed by atoms with E-state index in [1.807, 2.05) is 48.5 Å². The van der Waals surface area contributed by atoms with Crippen LogP contribution >= 0.6 is 0 Å². The van der Waals surface area contributed by atoms with E-state index in [1.54, 1.807) is 12.3 Å². The van der Waals surface area contributed by atoms with Crippen LogP contribution in [-0.2, 0) is 10.0 Å². The summed E-state index contributed by atoms with van der Waals surface area (Å²) in [7, 11) is -3.89. The molecule has 5 rings (SSSR count). The molecule has 0 saturated heterocycles. The number of hydrogen-bond donors (Lipinski definition) is 2. The molecule has 0 spiro atoms. The lowest BCUT2D eigenvalue weighted by Gasteiger charge is -2.28. The minimum absolute atomic E-state index is 0.0992. The molecule has 6 nitrogen and oxygen atoms in total. The first-order valence-corrected chi connectivity index (χ1v) is 12.9. The quantitative estimate of drug-likeness (QED) is 0.443. The summed E-state index contributed by atoms with van der Waals surface area (Å²) in [6.07, 6.45) is 4.45. The molecule has 1 heterocycles. The molecule has 1 aliphatic rings.